The second-order valence-corrected chi connectivity index (χ2v) is 5.35. The fourth-order valence-electron chi connectivity index (χ4n) is 3.11. The van der Waals surface area contributed by atoms with E-state index in [0.717, 1.165) is 5.82 Å². The van der Waals surface area contributed by atoms with Crippen molar-refractivity contribution in [3.05, 3.63) is 84.2 Å². The Kier molecular flexibility index (Phi) is 3.23. The average Bonchev–Trinajstić information content (AvgIpc) is 2.73. The van der Waals surface area contributed by atoms with Crippen molar-refractivity contribution >= 4 is 0 Å². The summed E-state index contributed by atoms with van der Waals surface area (Å²) in [5.41, 5.74) is 2.66. The Hall–Kier alpha value is -2.22. The van der Waals surface area contributed by atoms with Crippen LogP contribution in [0.25, 0.3) is 0 Å². The smallest absolute Gasteiger partial charge is 0.0971 e. The summed E-state index contributed by atoms with van der Waals surface area (Å²) in [5, 5.41) is 0. The molecule has 1 aliphatic rings. The molecule has 0 aliphatic carbocycles. The van der Waals surface area contributed by atoms with E-state index in [1.165, 1.54) is 11.1 Å². The topological polar surface area (TPSA) is 6.48 Å². The normalized spacial score (nSPS) is 22.4. The minimum absolute atomic E-state index is 0.302. The number of rotatable bonds is 2. The number of hydrogen-bond acceptors (Lipinski definition) is 2. The highest BCUT2D eigenvalue weighted by molar-refractivity contribution is 5.32. The lowest BCUT2D eigenvalue weighted by Crippen LogP contribution is -2.20. The van der Waals surface area contributed by atoms with E-state index in [9.17, 15) is 0 Å². The van der Waals surface area contributed by atoms with Crippen LogP contribution in [-0.2, 0) is 0 Å². The highest BCUT2D eigenvalue weighted by Crippen LogP contribution is 2.45. The van der Waals surface area contributed by atoms with Crippen LogP contribution in [0.1, 0.15) is 23.2 Å². The van der Waals surface area contributed by atoms with E-state index in [2.05, 4.69) is 91.1 Å². The number of nitrogens with zero attached hydrogens (tertiary/aromatic N) is 2. The highest BCUT2D eigenvalue weighted by Gasteiger charge is 2.39. The van der Waals surface area contributed by atoms with Crippen molar-refractivity contribution in [2.24, 2.45) is 0 Å². The maximum Gasteiger partial charge on any atom is 0.0971 e. The van der Waals surface area contributed by atoms with Crippen molar-refractivity contribution < 1.29 is 0 Å². The molecule has 2 atom stereocenters. The molecule has 0 N–H and O–H groups in total. The van der Waals surface area contributed by atoms with Crippen molar-refractivity contribution in [1.29, 1.82) is 0 Å². The van der Waals surface area contributed by atoms with Gasteiger partial charge < -0.3 is 9.80 Å². The molecule has 2 aromatic rings. The molecule has 1 heterocycles. The van der Waals surface area contributed by atoms with Gasteiger partial charge in [0.2, 0.25) is 0 Å². The maximum atomic E-state index is 4.22. The van der Waals surface area contributed by atoms with Crippen molar-refractivity contribution in [1.82, 2.24) is 9.80 Å². The first kappa shape index (κ1) is 12.8. The molecule has 0 aromatic heterocycles. The first-order valence-electron chi connectivity index (χ1n) is 6.94. The summed E-state index contributed by atoms with van der Waals surface area (Å²) >= 11 is 0. The minimum atomic E-state index is 0.302. The van der Waals surface area contributed by atoms with E-state index in [1.807, 2.05) is 0 Å². The zero-order valence-corrected chi connectivity index (χ0v) is 12.0. The SMILES string of the molecule is C=C1N(C)[C@@H](c2ccccc2)[C@H](c2ccccc2)N1C. The molecule has 1 fully saturated rings. The van der Waals surface area contributed by atoms with Gasteiger partial charge >= 0.3 is 0 Å². The van der Waals surface area contributed by atoms with Gasteiger partial charge in [-0.15, -0.1) is 0 Å². The van der Waals surface area contributed by atoms with Crippen LogP contribution >= 0.6 is 0 Å². The Balaban J connectivity index is 2.07. The third-order valence-electron chi connectivity index (χ3n) is 4.23. The molecular formula is C18H20N2. The van der Waals surface area contributed by atoms with E-state index in [1.54, 1.807) is 0 Å². The minimum Gasteiger partial charge on any atom is -0.352 e. The summed E-state index contributed by atoms with van der Waals surface area (Å²) in [7, 11) is 4.25. The maximum absolute atomic E-state index is 4.22. The Morgan fingerprint density at radius 2 is 1.05 bits per heavy atom. The Morgan fingerprint density at radius 3 is 1.40 bits per heavy atom. The molecule has 102 valence electrons. The average molecular weight is 264 g/mol. The predicted octanol–water partition coefficient (Wildman–Crippen LogP) is 3.82. The van der Waals surface area contributed by atoms with Gasteiger partial charge in [0.1, 0.15) is 0 Å². The van der Waals surface area contributed by atoms with Crippen LogP contribution in [0.3, 0.4) is 0 Å². The standard InChI is InChI=1S/C18H20N2/c1-14-19(2)17(15-10-6-4-7-11-15)18(20(14)3)16-12-8-5-9-13-16/h4-13,17-18H,1H2,2-3H3/t17-,18-/m0/s1. The third kappa shape index (κ3) is 1.97. The van der Waals surface area contributed by atoms with Crippen LogP contribution in [0.5, 0.6) is 0 Å². The Bertz CT molecular complexity index is 538. The van der Waals surface area contributed by atoms with E-state index in [-0.39, 0.29) is 0 Å². The summed E-state index contributed by atoms with van der Waals surface area (Å²) in [6, 6.07) is 21.9. The molecule has 20 heavy (non-hydrogen) atoms. The second kappa shape index (κ2) is 5.04. The number of likely N-dealkylation sites (N-methyl/N-ethyl adjacent to an activating group) is 2. The van der Waals surface area contributed by atoms with Gasteiger partial charge in [0, 0.05) is 14.1 Å². The van der Waals surface area contributed by atoms with Crippen molar-refractivity contribution in [3.8, 4) is 0 Å². The lowest BCUT2D eigenvalue weighted by Gasteiger charge is -2.26. The highest BCUT2D eigenvalue weighted by atomic mass is 15.4. The van der Waals surface area contributed by atoms with Gasteiger partial charge in [0.15, 0.2) is 0 Å². The molecular weight excluding hydrogens is 244 g/mol. The largest absolute Gasteiger partial charge is 0.352 e. The first-order chi connectivity index (χ1) is 9.70. The van der Waals surface area contributed by atoms with Crippen LogP contribution in [0.2, 0.25) is 0 Å². The van der Waals surface area contributed by atoms with Gasteiger partial charge in [-0.05, 0) is 11.1 Å². The van der Waals surface area contributed by atoms with Crippen molar-refractivity contribution in [3.63, 3.8) is 0 Å². The Morgan fingerprint density at radius 1 is 0.700 bits per heavy atom. The van der Waals surface area contributed by atoms with Crippen molar-refractivity contribution in [2.75, 3.05) is 14.1 Å². The molecule has 1 aliphatic heterocycles. The third-order valence-corrected chi connectivity index (χ3v) is 4.23. The van der Waals surface area contributed by atoms with Crippen LogP contribution < -0.4 is 0 Å². The zero-order chi connectivity index (χ0) is 14.1. The van der Waals surface area contributed by atoms with E-state index < -0.39 is 0 Å². The summed E-state index contributed by atoms with van der Waals surface area (Å²) in [6.07, 6.45) is 0. The van der Waals surface area contributed by atoms with Crippen LogP contribution in [0.4, 0.5) is 0 Å². The molecule has 2 nitrogen and oxygen atoms in total. The van der Waals surface area contributed by atoms with E-state index in [4.69, 9.17) is 0 Å². The fraction of sp³-hybridized carbons (Fsp3) is 0.222. The summed E-state index contributed by atoms with van der Waals surface area (Å²) in [5.74, 6) is 1.06. The predicted molar refractivity (Wildman–Crippen MR) is 83.0 cm³/mol. The number of benzene rings is 2. The summed E-state index contributed by atoms with van der Waals surface area (Å²) < 4.78 is 0. The molecule has 2 aromatic carbocycles. The van der Waals surface area contributed by atoms with Gasteiger partial charge in [-0.3, -0.25) is 0 Å². The zero-order valence-electron chi connectivity index (χ0n) is 12.0. The molecule has 0 unspecified atom stereocenters. The lowest BCUT2D eigenvalue weighted by molar-refractivity contribution is 0.316. The summed E-state index contributed by atoms with van der Waals surface area (Å²) in [4.78, 5) is 4.54. The molecule has 0 saturated carbocycles. The lowest BCUT2D eigenvalue weighted by atomic mass is 9.93. The molecule has 0 bridgehead atoms. The van der Waals surface area contributed by atoms with Crippen LogP contribution in [0, 0.1) is 0 Å². The van der Waals surface area contributed by atoms with Gasteiger partial charge in [-0.25, -0.2) is 0 Å². The van der Waals surface area contributed by atoms with Crippen LogP contribution in [0.15, 0.2) is 73.1 Å². The van der Waals surface area contributed by atoms with E-state index >= 15 is 0 Å². The summed E-state index contributed by atoms with van der Waals surface area (Å²) in [6.45, 7) is 4.22. The molecule has 3 rings (SSSR count). The molecule has 0 amide bonds. The molecule has 0 radical (unpaired) electrons. The first-order valence-corrected chi connectivity index (χ1v) is 6.94. The number of hydrogen-bond donors (Lipinski definition) is 0. The monoisotopic (exact) mass is 264 g/mol. The van der Waals surface area contributed by atoms with Crippen LogP contribution in [-0.4, -0.2) is 23.9 Å². The fourth-order valence-corrected chi connectivity index (χ4v) is 3.11. The quantitative estimate of drug-likeness (QED) is 0.813. The molecule has 1 saturated heterocycles. The van der Waals surface area contributed by atoms with Gasteiger partial charge in [-0.2, -0.15) is 0 Å². The second-order valence-electron chi connectivity index (χ2n) is 5.35. The Labute approximate surface area is 121 Å². The van der Waals surface area contributed by atoms with E-state index in [0.29, 0.717) is 12.1 Å². The van der Waals surface area contributed by atoms with Gasteiger partial charge in [-0.1, -0.05) is 67.2 Å². The van der Waals surface area contributed by atoms with Crippen molar-refractivity contribution in [2.45, 2.75) is 12.1 Å². The van der Waals surface area contributed by atoms with Gasteiger partial charge in [0.25, 0.3) is 0 Å². The van der Waals surface area contributed by atoms with Gasteiger partial charge in [0.05, 0.1) is 17.9 Å². The molecule has 2 heteroatoms. The molecule has 0 spiro atoms.